The van der Waals surface area contributed by atoms with Crippen molar-refractivity contribution < 1.29 is 21.6 Å². The summed E-state index contributed by atoms with van der Waals surface area (Å²) in [4.78, 5) is 12.8. The molecule has 0 spiro atoms. The molecule has 0 aliphatic carbocycles. The molecule has 9 heteroatoms. The summed E-state index contributed by atoms with van der Waals surface area (Å²) in [6.45, 7) is 3.63. The molecule has 1 amide bonds. The molecular weight excluding hydrogens is 400 g/mol. The second-order valence-corrected chi connectivity index (χ2v) is 10.4. The second kappa shape index (κ2) is 8.32. The Morgan fingerprint density at radius 2 is 1.61 bits per heavy atom. The van der Waals surface area contributed by atoms with E-state index in [1.165, 1.54) is 12.1 Å². The van der Waals surface area contributed by atoms with Crippen molar-refractivity contribution in [2.75, 3.05) is 17.2 Å². The van der Waals surface area contributed by atoms with Crippen molar-refractivity contribution in [3.63, 3.8) is 0 Å². The SMILES string of the molecule is CC[C@H](NC(=O)c1ccc(NS(C)(=O)=O)c(C)c1)c1ccc(S(C)(=O)=O)cc1. The summed E-state index contributed by atoms with van der Waals surface area (Å²) in [5.41, 5.74) is 2.25. The fourth-order valence-electron chi connectivity index (χ4n) is 2.73. The Kier molecular flexibility index (Phi) is 6.51. The summed E-state index contributed by atoms with van der Waals surface area (Å²) in [7, 11) is -6.68. The number of nitrogens with one attached hydrogen (secondary N) is 2. The van der Waals surface area contributed by atoms with Gasteiger partial charge in [-0.05, 0) is 54.8 Å². The van der Waals surface area contributed by atoms with E-state index < -0.39 is 19.9 Å². The lowest BCUT2D eigenvalue weighted by Gasteiger charge is -2.18. The summed E-state index contributed by atoms with van der Waals surface area (Å²) in [5, 5.41) is 2.93. The van der Waals surface area contributed by atoms with Crippen LogP contribution in [0.1, 0.15) is 40.9 Å². The van der Waals surface area contributed by atoms with Crippen molar-refractivity contribution in [1.82, 2.24) is 5.32 Å². The Bertz CT molecular complexity index is 1080. The molecule has 28 heavy (non-hydrogen) atoms. The van der Waals surface area contributed by atoms with E-state index in [-0.39, 0.29) is 16.8 Å². The van der Waals surface area contributed by atoms with E-state index in [1.807, 2.05) is 6.92 Å². The van der Waals surface area contributed by atoms with Crippen molar-refractivity contribution in [3.8, 4) is 0 Å². The fraction of sp³-hybridized carbons (Fsp3) is 0.316. The zero-order valence-electron chi connectivity index (χ0n) is 16.2. The molecule has 0 saturated carbocycles. The van der Waals surface area contributed by atoms with Gasteiger partial charge in [-0.3, -0.25) is 9.52 Å². The summed E-state index contributed by atoms with van der Waals surface area (Å²) < 4.78 is 48.3. The summed E-state index contributed by atoms with van der Waals surface area (Å²) in [6.07, 6.45) is 2.83. The Labute approximate surface area is 166 Å². The molecule has 0 aliphatic rings. The Morgan fingerprint density at radius 3 is 2.07 bits per heavy atom. The highest BCUT2D eigenvalue weighted by molar-refractivity contribution is 7.92. The highest BCUT2D eigenvalue weighted by atomic mass is 32.2. The van der Waals surface area contributed by atoms with E-state index >= 15 is 0 Å². The molecule has 0 fully saturated rings. The molecule has 0 aromatic heterocycles. The van der Waals surface area contributed by atoms with Gasteiger partial charge in [0.1, 0.15) is 0 Å². The molecule has 2 rings (SSSR count). The van der Waals surface area contributed by atoms with Crippen LogP contribution in [0, 0.1) is 6.92 Å². The Balaban J connectivity index is 2.19. The number of aryl methyl sites for hydroxylation is 1. The van der Waals surface area contributed by atoms with Gasteiger partial charge in [0.25, 0.3) is 5.91 Å². The van der Waals surface area contributed by atoms with Gasteiger partial charge >= 0.3 is 0 Å². The monoisotopic (exact) mass is 424 g/mol. The highest BCUT2D eigenvalue weighted by Gasteiger charge is 2.16. The maximum atomic E-state index is 12.6. The van der Waals surface area contributed by atoms with Gasteiger partial charge in [0.15, 0.2) is 9.84 Å². The van der Waals surface area contributed by atoms with Crippen LogP contribution in [0.2, 0.25) is 0 Å². The van der Waals surface area contributed by atoms with Crippen LogP contribution in [0.3, 0.4) is 0 Å². The average molecular weight is 425 g/mol. The predicted molar refractivity (Wildman–Crippen MR) is 110 cm³/mol. The number of rotatable bonds is 7. The smallest absolute Gasteiger partial charge is 0.251 e. The largest absolute Gasteiger partial charge is 0.345 e. The van der Waals surface area contributed by atoms with Gasteiger partial charge in [0.2, 0.25) is 10.0 Å². The zero-order chi connectivity index (χ0) is 21.1. The van der Waals surface area contributed by atoms with Gasteiger partial charge in [0.05, 0.1) is 22.9 Å². The molecule has 2 aromatic rings. The maximum Gasteiger partial charge on any atom is 0.251 e. The Hall–Kier alpha value is -2.39. The van der Waals surface area contributed by atoms with Gasteiger partial charge in [-0.15, -0.1) is 0 Å². The van der Waals surface area contributed by atoms with Crippen LogP contribution in [-0.4, -0.2) is 35.3 Å². The number of carbonyl (C=O) groups excluding carboxylic acids is 1. The molecule has 7 nitrogen and oxygen atoms in total. The number of carbonyl (C=O) groups is 1. The van der Waals surface area contributed by atoms with Crippen LogP contribution in [0.25, 0.3) is 0 Å². The van der Waals surface area contributed by atoms with Crippen molar-refractivity contribution in [1.29, 1.82) is 0 Å². The number of hydrogen-bond donors (Lipinski definition) is 2. The van der Waals surface area contributed by atoms with Crippen LogP contribution >= 0.6 is 0 Å². The minimum absolute atomic E-state index is 0.224. The first-order valence-corrected chi connectivity index (χ1v) is 12.4. The van der Waals surface area contributed by atoms with Gasteiger partial charge in [-0.25, -0.2) is 16.8 Å². The van der Waals surface area contributed by atoms with Crippen LogP contribution in [0.4, 0.5) is 5.69 Å². The molecule has 2 aromatic carbocycles. The third kappa shape index (κ3) is 5.80. The molecule has 0 aliphatic heterocycles. The molecule has 0 radical (unpaired) electrons. The number of sulfone groups is 1. The van der Waals surface area contributed by atoms with Crippen molar-refractivity contribution in [2.24, 2.45) is 0 Å². The number of sulfonamides is 1. The van der Waals surface area contributed by atoms with Crippen LogP contribution in [0.5, 0.6) is 0 Å². The van der Waals surface area contributed by atoms with E-state index in [0.717, 1.165) is 18.1 Å². The minimum Gasteiger partial charge on any atom is -0.345 e. The molecule has 0 bridgehead atoms. The third-order valence-electron chi connectivity index (χ3n) is 4.21. The average Bonchev–Trinajstić information content (AvgIpc) is 2.59. The van der Waals surface area contributed by atoms with E-state index in [0.29, 0.717) is 23.2 Å². The predicted octanol–water partition coefficient (Wildman–Crippen LogP) is 2.65. The second-order valence-electron chi connectivity index (χ2n) is 6.68. The number of benzene rings is 2. The molecule has 0 unspecified atom stereocenters. The lowest BCUT2D eigenvalue weighted by atomic mass is 10.0. The van der Waals surface area contributed by atoms with E-state index in [2.05, 4.69) is 10.0 Å². The van der Waals surface area contributed by atoms with Gasteiger partial charge < -0.3 is 5.32 Å². The van der Waals surface area contributed by atoms with Gasteiger partial charge in [0, 0.05) is 11.8 Å². The molecule has 0 heterocycles. The van der Waals surface area contributed by atoms with Gasteiger partial charge in [-0.2, -0.15) is 0 Å². The van der Waals surface area contributed by atoms with E-state index in [1.54, 1.807) is 37.3 Å². The van der Waals surface area contributed by atoms with E-state index in [9.17, 15) is 21.6 Å². The first kappa shape index (κ1) is 21.9. The molecule has 2 N–H and O–H groups in total. The number of anilines is 1. The molecular formula is C19H24N2O5S2. The molecule has 0 saturated heterocycles. The zero-order valence-corrected chi connectivity index (χ0v) is 17.8. The standard InChI is InChI=1S/C19H24N2O5S2/c1-5-17(14-6-9-16(10-7-14)27(3,23)24)20-19(22)15-8-11-18(13(2)12-15)21-28(4,25)26/h6-12,17,21H,5H2,1-4H3,(H,20,22)/t17-/m0/s1. The molecule has 1 atom stereocenters. The van der Waals surface area contributed by atoms with Gasteiger partial charge in [-0.1, -0.05) is 19.1 Å². The van der Waals surface area contributed by atoms with Crippen molar-refractivity contribution >= 4 is 31.5 Å². The third-order valence-corrected chi connectivity index (χ3v) is 5.93. The fourth-order valence-corrected chi connectivity index (χ4v) is 3.99. The lowest BCUT2D eigenvalue weighted by Crippen LogP contribution is -2.28. The van der Waals surface area contributed by atoms with Crippen molar-refractivity contribution in [2.45, 2.75) is 31.2 Å². The first-order valence-electron chi connectivity index (χ1n) is 8.60. The van der Waals surface area contributed by atoms with Crippen LogP contribution in [0.15, 0.2) is 47.4 Å². The highest BCUT2D eigenvalue weighted by Crippen LogP contribution is 2.21. The first-order chi connectivity index (χ1) is 12.9. The topological polar surface area (TPSA) is 109 Å². The Morgan fingerprint density at radius 1 is 1.00 bits per heavy atom. The van der Waals surface area contributed by atoms with Crippen LogP contribution < -0.4 is 10.0 Å². The summed E-state index contributed by atoms with van der Waals surface area (Å²) >= 11 is 0. The quantitative estimate of drug-likeness (QED) is 0.710. The summed E-state index contributed by atoms with van der Waals surface area (Å²) in [5.74, 6) is -0.298. The number of hydrogen-bond acceptors (Lipinski definition) is 5. The minimum atomic E-state index is -3.40. The summed E-state index contributed by atoms with van der Waals surface area (Å²) in [6, 6.07) is 10.9. The van der Waals surface area contributed by atoms with Crippen molar-refractivity contribution in [3.05, 3.63) is 59.2 Å². The van der Waals surface area contributed by atoms with E-state index in [4.69, 9.17) is 0 Å². The van der Waals surface area contributed by atoms with Crippen LogP contribution in [-0.2, 0) is 19.9 Å². The normalized spacial score (nSPS) is 13.0. The lowest BCUT2D eigenvalue weighted by molar-refractivity contribution is 0.0935. The maximum absolute atomic E-state index is 12.6. The molecule has 152 valence electrons. The number of amides is 1.